The molecule has 0 radical (unpaired) electrons. The van der Waals surface area contributed by atoms with Crippen LogP contribution in [0.1, 0.15) is 37.0 Å². The number of para-hydroxylation sites is 1. The molecule has 0 fully saturated rings. The zero-order valence-electron chi connectivity index (χ0n) is 22.9. The fraction of sp³-hybridized carbons (Fsp3) is 0.333. The number of rotatable bonds is 13. The molecule has 3 aromatic carbocycles. The third-order valence-corrected chi connectivity index (χ3v) is 8.21. The number of hydrogen-bond acceptors (Lipinski definition) is 4. The first-order chi connectivity index (χ1) is 19.0. The first-order valence-electron chi connectivity index (χ1n) is 13.2. The van der Waals surface area contributed by atoms with Gasteiger partial charge in [-0.25, -0.2) is 8.42 Å². The molecule has 1 N–H and O–H groups in total. The van der Waals surface area contributed by atoms with Crippen molar-refractivity contribution in [3.63, 3.8) is 0 Å². The molecule has 3 rings (SSSR count). The molecule has 40 heavy (non-hydrogen) atoms. The predicted octanol–water partition coefficient (Wildman–Crippen LogP) is 5.49. The van der Waals surface area contributed by atoms with Gasteiger partial charge in [0.15, 0.2) is 0 Å². The maximum Gasteiger partial charge on any atom is 0.244 e. The summed E-state index contributed by atoms with van der Waals surface area (Å²) >= 11 is 12.6. The lowest BCUT2D eigenvalue weighted by atomic mass is 10.0. The molecule has 0 aliphatic rings. The van der Waals surface area contributed by atoms with Crippen molar-refractivity contribution in [3.05, 3.63) is 99.5 Å². The summed E-state index contributed by atoms with van der Waals surface area (Å²) in [5, 5.41) is 3.69. The molecule has 0 saturated heterocycles. The number of benzene rings is 3. The molecule has 0 saturated carbocycles. The Labute approximate surface area is 247 Å². The lowest BCUT2D eigenvalue weighted by Crippen LogP contribution is -2.53. The van der Waals surface area contributed by atoms with Gasteiger partial charge in [-0.3, -0.25) is 13.9 Å². The van der Waals surface area contributed by atoms with Crippen LogP contribution >= 0.6 is 23.2 Å². The molecule has 7 nitrogen and oxygen atoms in total. The molecular formula is C30H35Cl2N3O4S. The molecule has 0 aliphatic heterocycles. The normalized spacial score (nSPS) is 12.0. The Kier molecular flexibility index (Phi) is 11.4. The van der Waals surface area contributed by atoms with Crippen LogP contribution in [0.4, 0.5) is 5.69 Å². The standard InChI is InChI=1S/C30H35Cl2N3O4S/c1-4-17-33-30(37)28(18-22-11-7-6-8-12-22)34(20-24-15-16-25(31)19-26(24)32)29(36)21-35(40(3,38)39)27-14-10-9-13-23(27)5-2/h6-16,19,28H,4-5,17-18,20-21H2,1-3H3,(H,33,37)/t28-/m0/s1. The van der Waals surface area contributed by atoms with Crippen molar-refractivity contribution >= 4 is 50.7 Å². The Morgan fingerprint density at radius 2 is 1.60 bits per heavy atom. The van der Waals surface area contributed by atoms with Crippen molar-refractivity contribution in [2.75, 3.05) is 23.7 Å². The van der Waals surface area contributed by atoms with Gasteiger partial charge in [0, 0.05) is 29.6 Å². The number of amides is 2. The van der Waals surface area contributed by atoms with Crippen LogP contribution in [0.2, 0.25) is 10.0 Å². The Balaban J connectivity index is 2.09. The molecule has 214 valence electrons. The second-order valence-electron chi connectivity index (χ2n) is 9.51. The van der Waals surface area contributed by atoms with Gasteiger partial charge in [-0.1, -0.05) is 91.6 Å². The van der Waals surface area contributed by atoms with Crippen molar-refractivity contribution in [1.29, 1.82) is 0 Å². The molecule has 2 amide bonds. The van der Waals surface area contributed by atoms with Crippen LogP contribution in [-0.4, -0.2) is 50.5 Å². The number of carbonyl (C=O) groups excluding carboxylic acids is 2. The van der Waals surface area contributed by atoms with E-state index in [4.69, 9.17) is 23.2 Å². The van der Waals surface area contributed by atoms with Crippen molar-refractivity contribution in [3.8, 4) is 0 Å². The van der Waals surface area contributed by atoms with Crippen LogP contribution in [0.5, 0.6) is 0 Å². The smallest absolute Gasteiger partial charge is 0.244 e. The molecule has 0 aromatic heterocycles. The minimum absolute atomic E-state index is 0.0150. The molecular weight excluding hydrogens is 569 g/mol. The van der Waals surface area contributed by atoms with Gasteiger partial charge in [0.1, 0.15) is 12.6 Å². The number of anilines is 1. The van der Waals surface area contributed by atoms with Gasteiger partial charge >= 0.3 is 0 Å². The van der Waals surface area contributed by atoms with Gasteiger partial charge < -0.3 is 10.2 Å². The van der Waals surface area contributed by atoms with Gasteiger partial charge in [-0.05, 0) is 47.7 Å². The maximum absolute atomic E-state index is 14.1. The van der Waals surface area contributed by atoms with Crippen molar-refractivity contribution in [1.82, 2.24) is 10.2 Å². The van der Waals surface area contributed by atoms with Gasteiger partial charge in [-0.15, -0.1) is 0 Å². The second kappa shape index (κ2) is 14.5. The fourth-order valence-corrected chi connectivity index (χ4v) is 5.75. The van der Waals surface area contributed by atoms with Gasteiger partial charge in [0.25, 0.3) is 0 Å². The molecule has 1 atom stereocenters. The monoisotopic (exact) mass is 603 g/mol. The average Bonchev–Trinajstić information content (AvgIpc) is 2.93. The fourth-order valence-electron chi connectivity index (χ4n) is 4.40. The van der Waals surface area contributed by atoms with E-state index >= 15 is 0 Å². The van der Waals surface area contributed by atoms with E-state index in [2.05, 4.69) is 5.32 Å². The van der Waals surface area contributed by atoms with Crippen LogP contribution in [-0.2, 0) is 39.0 Å². The van der Waals surface area contributed by atoms with Crippen LogP contribution in [0.25, 0.3) is 0 Å². The summed E-state index contributed by atoms with van der Waals surface area (Å²) in [6, 6.07) is 20.5. The molecule has 3 aromatic rings. The minimum Gasteiger partial charge on any atom is -0.354 e. The van der Waals surface area contributed by atoms with Crippen molar-refractivity contribution in [2.24, 2.45) is 0 Å². The highest BCUT2D eigenvalue weighted by atomic mass is 35.5. The number of halogens is 2. The topological polar surface area (TPSA) is 86.8 Å². The Morgan fingerprint density at radius 1 is 0.925 bits per heavy atom. The highest BCUT2D eigenvalue weighted by Crippen LogP contribution is 2.26. The van der Waals surface area contributed by atoms with E-state index in [1.165, 1.54) is 4.90 Å². The third-order valence-electron chi connectivity index (χ3n) is 6.50. The molecule has 0 bridgehead atoms. The third kappa shape index (κ3) is 8.46. The second-order valence-corrected chi connectivity index (χ2v) is 12.3. The lowest BCUT2D eigenvalue weighted by molar-refractivity contribution is -0.140. The minimum atomic E-state index is -3.84. The summed E-state index contributed by atoms with van der Waals surface area (Å²) in [4.78, 5) is 29.1. The number of carbonyl (C=O) groups is 2. The first kappa shape index (κ1) is 31.5. The maximum atomic E-state index is 14.1. The van der Waals surface area contributed by atoms with Gasteiger partial charge in [0.2, 0.25) is 21.8 Å². The number of nitrogens with one attached hydrogen (secondary N) is 1. The van der Waals surface area contributed by atoms with Crippen LogP contribution < -0.4 is 9.62 Å². The zero-order valence-corrected chi connectivity index (χ0v) is 25.3. The number of aryl methyl sites for hydroxylation is 1. The number of nitrogens with zero attached hydrogens (tertiary/aromatic N) is 2. The number of sulfonamides is 1. The van der Waals surface area contributed by atoms with Crippen LogP contribution in [0.15, 0.2) is 72.8 Å². The highest BCUT2D eigenvalue weighted by Gasteiger charge is 2.33. The largest absolute Gasteiger partial charge is 0.354 e. The van der Waals surface area contributed by atoms with E-state index in [0.717, 1.165) is 28.1 Å². The summed E-state index contributed by atoms with van der Waals surface area (Å²) < 4.78 is 27.1. The first-order valence-corrected chi connectivity index (χ1v) is 15.8. The van der Waals surface area contributed by atoms with Gasteiger partial charge in [-0.2, -0.15) is 0 Å². The molecule has 0 spiro atoms. The van der Waals surface area contributed by atoms with E-state index in [-0.39, 0.29) is 18.9 Å². The SMILES string of the molecule is CCCNC(=O)[C@H](Cc1ccccc1)N(Cc1ccc(Cl)cc1Cl)C(=O)CN(c1ccccc1CC)S(C)(=O)=O. The Morgan fingerprint density at radius 3 is 2.23 bits per heavy atom. The summed E-state index contributed by atoms with van der Waals surface area (Å²) in [6.45, 7) is 3.81. The Bertz CT molecular complexity index is 1420. The van der Waals surface area contributed by atoms with E-state index in [1.807, 2.05) is 56.3 Å². The van der Waals surface area contributed by atoms with E-state index in [0.29, 0.717) is 34.3 Å². The van der Waals surface area contributed by atoms with E-state index in [1.54, 1.807) is 30.3 Å². The Hall–Kier alpha value is -3.07. The molecule has 10 heteroatoms. The van der Waals surface area contributed by atoms with Crippen molar-refractivity contribution in [2.45, 2.75) is 45.7 Å². The van der Waals surface area contributed by atoms with Crippen molar-refractivity contribution < 1.29 is 18.0 Å². The van der Waals surface area contributed by atoms with Crippen LogP contribution in [0.3, 0.4) is 0 Å². The summed E-state index contributed by atoms with van der Waals surface area (Å²) in [6.07, 6.45) is 2.60. The van der Waals surface area contributed by atoms with E-state index in [9.17, 15) is 18.0 Å². The summed E-state index contributed by atoms with van der Waals surface area (Å²) in [5.41, 5.74) is 2.66. The molecule has 0 unspecified atom stereocenters. The molecule has 0 aliphatic carbocycles. The number of hydrogen-bond donors (Lipinski definition) is 1. The quantitative estimate of drug-likeness (QED) is 0.280. The average molecular weight is 605 g/mol. The summed E-state index contributed by atoms with van der Waals surface area (Å²) in [7, 11) is -3.84. The summed E-state index contributed by atoms with van der Waals surface area (Å²) in [5.74, 6) is -0.862. The van der Waals surface area contributed by atoms with Gasteiger partial charge in [0.05, 0.1) is 11.9 Å². The zero-order chi connectivity index (χ0) is 29.3. The predicted molar refractivity (Wildman–Crippen MR) is 162 cm³/mol. The lowest BCUT2D eigenvalue weighted by Gasteiger charge is -2.34. The van der Waals surface area contributed by atoms with Crippen LogP contribution in [0, 0.1) is 0 Å². The van der Waals surface area contributed by atoms with E-state index < -0.39 is 28.5 Å². The highest BCUT2D eigenvalue weighted by molar-refractivity contribution is 7.92. The molecule has 0 heterocycles.